The van der Waals surface area contributed by atoms with Crippen molar-refractivity contribution >= 4 is 15.9 Å². The summed E-state index contributed by atoms with van der Waals surface area (Å²) in [5.41, 5.74) is 3.57. The maximum Gasteiger partial charge on any atom is 0.132 e. The fraction of sp³-hybridized carbons (Fsp3) is 0.333. The number of benzene rings is 2. The second kappa shape index (κ2) is 7.62. The Morgan fingerprint density at radius 3 is 2.52 bits per heavy atom. The topological polar surface area (TPSA) is 21.3 Å². The zero-order chi connectivity index (χ0) is 15.2. The molecule has 2 aromatic carbocycles. The van der Waals surface area contributed by atoms with Gasteiger partial charge in [-0.05, 0) is 56.6 Å². The van der Waals surface area contributed by atoms with Gasteiger partial charge in [0.2, 0.25) is 0 Å². The van der Waals surface area contributed by atoms with Gasteiger partial charge >= 0.3 is 0 Å². The summed E-state index contributed by atoms with van der Waals surface area (Å²) >= 11 is 3.53. The van der Waals surface area contributed by atoms with Crippen LogP contribution in [0.25, 0.3) is 0 Å². The van der Waals surface area contributed by atoms with Gasteiger partial charge in [0, 0.05) is 16.6 Å². The van der Waals surface area contributed by atoms with Crippen LogP contribution in [0.5, 0.6) is 11.5 Å². The third-order valence-corrected chi connectivity index (χ3v) is 3.81. The van der Waals surface area contributed by atoms with E-state index in [9.17, 15) is 0 Å². The third kappa shape index (κ3) is 4.58. The van der Waals surface area contributed by atoms with Crippen molar-refractivity contribution in [1.29, 1.82) is 0 Å². The molecule has 0 amide bonds. The van der Waals surface area contributed by atoms with E-state index in [2.05, 4.69) is 60.2 Å². The molecule has 0 radical (unpaired) electrons. The van der Waals surface area contributed by atoms with Crippen LogP contribution >= 0.6 is 15.9 Å². The Bertz CT molecular complexity index is 610. The molecule has 0 aromatic heterocycles. The lowest BCUT2D eigenvalue weighted by molar-refractivity contribution is 0.469. The number of nitrogens with one attached hydrogen (secondary N) is 1. The molecule has 0 spiro atoms. The Balaban J connectivity index is 2.22. The summed E-state index contributed by atoms with van der Waals surface area (Å²) in [5, 5.41) is 3.43. The molecule has 0 saturated heterocycles. The van der Waals surface area contributed by atoms with Crippen LogP contribution in [0.15, 0.2) is 40.9 Å². The molecule has 1 N–H and O–H groups in total. The minimum Gasteiger partial charge on any atom is -0.457 e. The highest BCUT2D eigenvalue weighted by atomic mass is 79.9. The zero-order valence-electron chi connectivity index (χ0n) is 12.9. The van der Waals surface area contributed by atoms with Crippen LogP contribution in [0.2, 0.25) is 0 Å². The molecule has 3 heteroatoms. The lowest BCUT2D eigenvalue weighted by atomic mass is 10.1. The van der Waals surface area contributed by atoms with E-state index in [-0.39, 0.29) is 0 Å². The molecule has 0 saturated carbocycles. The summed E-state index contributed by atoms with van der Waals surface area (Å²) in [6, 6.07) is 12.4. The fourth-order valence-corrected chi connectivity index (χ4v) is 2.63. The summed E-state index contributed by atoms with van der Waals surface area (Å²) in [6.07, 6.45) is 1.13. The van der Waals surface area contributed by atoms with Gasteiger partial charge in [-0.3, -0.25) is 0 Å². The van der Waals surface area contributed by atoms with E-state index < -0.39 is 0 Å². The molecule has 0 bridgehead atoms. The van der Waals surface area contributed by atoms with Gasteiger partial charge in [0.25, 0.3) is 0 Å². The second-order valence-electron chi connectivity index (χ2n) is 5.30. The Morgan fingerprint density at radius 1 is 1.05 bits per heavy atom. The van der Waals surface area contributed by atoms with Gasteiger partial charge in [-0.15, -0.1) is 0 Å². The zero-order valence-corrected chi connectivity index (χ0v) is 14.5. The van der Waals surface area contributed by atoms with Crippen LogP contribution in [0.4, 0.5) is 0 Å². The summed E-state index contributed by atoms with van der Waals surface area (Å²) < 4.78 is 7.19. The van der Waals surface area contributed by atoms with Crippen molar-refractivity contribution in [2.75, 3.05) is 6.54 Å². The molecule has 2 rings (SSSR count). The number of hydrogen-bond acceptors (Lipinski definition) is 2. The van der Waals surface area contributed by atoms with E-state index in [1.807, 2.05) is 18.2 Å². The first-order valence-electron chi connectivity index (χ1n) is 7.34. The minimum absolute atomic E-state index is 0.813. The normalized spacial score (nSPS) is 10.7. The standard InChI is InChI=1S/C18H22BrNO/c1-4-9-20-12-15-11-16(19)6-8-18(15)21-17-7-5-13(2)10-14(17)3/h5-8,10-11,20H,4,9,12H2,1-3H3. The minimum atomic E-state index is 0.813. The highest BCUT2D eigenvalue weighted by Crippen LogP contribution is 2.30. The molecule has 21 heavy (non-hydrogen) atoms. The first-order chi connectivity index (χ1) is 10.1. The molecule has 0 aliphatic rings. The summed E-state index contributed by atoms with van der Waals surface area (Å²) in [6.45, 7) is 8.16. The lowest BCUT2D eigenvalue weighted by Crippen LogP contribution is -2.14. The molecule has 0 unspecified atom stereocenters. The van der Waals surface area contributed by atoms with E-state index in [1.165, 1.54) is 5.56 Å². The number of ether oxygens (including phenoxy) is 1. The Hall–Kier alpha value is -1.32. The Kier molecular flexibility index (Phi) is 5.83. The van der Waals surface area contributed by atoms with E-state index >= 15 is 0 Å². The number of rotatable bonds is 6. The van der Waals surface area contributed by atoms with Crippen molar-refractivity contribution in [2.24, 2.45) is 0 Å². The molecular formula is C18H22BrNO. The third-order valence-electron chi connectivity index (χ3n) is 3.32. The van der Waals surface area contributed by atoms with Gasteiger partial charge in [0.15, 0.2) is 0 Å². The fourth-order valence-electron chi connectivity index (χ4n) is 2.22. The maximum atomic E-state index is 6.12. The lowest BCUT2D eigenvalue weighted by Gasteiger charge is -2.14. The molecule has 2 nitrogen and oxygen atoms in total. The smallest absolute Gasteiger partial charge is 0.132 e. The summed E-state index contributed by atoms with van der Waals surface area (Å²) in [7, 11) is 0. The van der Waals surface area contributed by atoms with E-state index in [0.29, 0.717) is 0 Å². The van der Waals surface area contributed by atoms with Crippen molar-refractivity contribution in [3.8, 4) is 11.5 Å². The highest BCUT2D eigenvalue weighted by Gasteiger charge is 2.07. The average molecular weight is 348 g/mol. The van der Waals surface area contributed by atoms with Crippen LogP contribution in [0, 0.1) is 13.8 Å². The van der Waals surface area contributed by atoms with Gasteiger partial charge in [0.05, 0.1) is 0 Å². The SMILES string of the molecule is CCCNCc1cc(Br)ccc1Oc1ccc(C)cc1C. The van der Waals surface area contributed by atoms with Crippen molar-refractivity contribution in [3.63, 3.8) is 0 Å². The molecule has 0 aliphatic carbocycles. The number of hydrogen-bond donors (Lipinski definition) is 1. The molecule has 112 valence electrons. The van der Waals surface area contributed by atoms with Crippen LogP contribution in [0.3, 0.4) is 0 Å². The number of aryl methyl sites for hydroxylation is 2. The van der Waals surface area contributed by atoms with Gasteiger partial charge in [-0.2, -0.15) is 0 Å². The Morgan fingerprint density at radius 2 is 1.81 bits per heavy atom. The van der Waals surface area contributed by atoms with Crippen LogP contribution < -0.4 is 10.1 Å². The Labute approximate surface area is 135 Å². The van der Waals surface area contributed by atoms with E-state index in [1.54, 1.807) is 0 Å². The molecule has 2 aromatic rings. The average Bonchev–Trinajstić information content (AvgIpc) is 2.44. The van der Waals surface area contributed by atoms with Crippen LogP contribution in [-0.2, 0) is 6.54 Å². The van der Waals surface area contributed by atoms with Gasteiger partial charge in [-0.25, -0.2) is 0 Å². The molecule has 0 aliphatic heterocycles. The van der Waals surface area contributed by atoms with Gasteiger partial charge in [0.1, 0.15) is 11.5 Å². The van der Waals surface area contributed by atoms with E-state index in [4.69, 9.17) is 4.74 Å². The largest absolute Gasteiger partial charge is 0.457 e. The summed E-state index contributed by atoms with van der Waals surface area (Å²) in [4.78, 5) is 0. The van der Waals surface area contributed by atoms with Gasteiger partial charge in [-0.1, -0.05) is 40.5 Å². The molecular weight excluding hydrogens is 326 g/mol. The monoisotopic (exact) mass is 347 g/mol. The maximum absolute atomic E-state index is 6.12. The first-order valence-corrected chi connectivity index (χ1v) is 8.13. The quantitative estimate of drug-likeness (QED) is 0.710. The highest BCUT2D eigenvalue weighted by molar-refractivity contribution is 9.10. The van der Waals surface area contributed by atoms with Crippen molar-refractivity contribution in [3.05, 3.63) is 57.6 Å². The van der Waals surface area contributed by atoms with Crippen LogP contribution in [-0.4, -0.2) is 6.54 Å². The van der Waals surface area contributed by atoms with E-state index in [0.717, 1.165) is 46.6 Å². The predicted octanol–water partition coefficient (Wildman–Crippen LogP) is 5.36. The molecule has 0 atom stereocenters. The predicted molar refractivity (Wildman–Crippen MR) is 92.1 cm³/mol. The van der Waals surface area contributed by atoms with Crippen molar-refractivity contribution in [1.82, 2.24) is 5.32 Å². The molecule has 0 fully saturated rings. The van der Waals surface area contributed by atoms with Crippen molar-refractivity contribution in [2.45, 2.75) is 33.7 Å². The number of halogens is 1. The van der Waals surface area contributed by atoms with Gasteiger partial charge < -0.3 is 10.1 Å². The van der Waals surface area contributed by atoms with Crippen LogP contribution in [0.1, 0.15) is 30.0 Å². The second-order valence-corrected chi connectivity index (χ2v) is 6.22. The van der Waals surface area contributed by atoms with Crippen molar-refractivity contribution < 1.29 is 4.74 Å². The molecule has 0 heterocycles. The first kappa shape index (κ1) is 16.1. The summed E-state index contributed by atoms with van der Waals surface area (Å²) in [5.74, 6) is 1.83.